The lowest BCUT2D eigenvalue weighted by Crippen LogP contribution is -2.47. The van der Waals surface area contributed by atoms with Gasteiger partial charge in [0.05, 0.1) is 0 Å². The summed E-state index contributed by atoms with van der Waals surface area (Å²) in [6.07, 6.45) is 0. The molecule has 0 aliphatic carbocycles. The summed E-state index contributed by atoms with van der Waals surface area (Å²) in [7, 11) is 0. The Morgan fingerprint density at radius 3 is 2.35 bits per heavy atom. The van der Waals surface area contributed by atoms with E-state index in [2.05, 4.69) is 5.32 Å². The predicted molar refractivity (Wildman–Crippen MR) is 79.2 cm³/mol. The van der Waals surface area contributed by atoms with Gasteiger partial charge in [-0.15, -0.1) is 0 Å². The molecule has 0 aliphatic rings. The van der Waals surface area contributed by atoms with Gasteiger partial charge in [0.1, 0.15) is 6.04 Å². The minimum atomic E-state index is -0.665. The van der Waals surface area contributed by atoms with Crippen molar-refractivity contribution in [3.8, 4) is 0 Å². The van der Waals surface area contributed by atoms with E-state index >= 15 is 0 Å². The Balaban J connectivity index is 2.34. The zero-order valence-corrected chi connectivity index (χ0v) is 11.6. The Bertz CT molecular complexity index is 644. The number of nitrogens with two attached hydrogens (primary N) is 1. The predicted octanol–water partition coefficient (Wildman–Crippen LogP) is 2.08. The Labute approximate surface area is 118 Å². The van der Waals surface area contributed by atoms with Gasteiger partial charge in [-0.1, -0.05) is 50.2 Å². The second-order valence-electron chi connectivity index (χ2n) is 5.12. The molecule has 4 heteroatoms. The molecule has 0 bridgehead atoms. The van der Waals surface area contributed by atoms with Crippen molar-refractivity contribution in [2.75, 3.05) is 0 Å². The third kappa shape index (κ3) is 2.79. The van der Waals surface area contributed by atoms with Crippen LogP contribution in [0.4, 0.5) is 0 Å². The van der Waals surface area contributed by atoms with Gasteiger partial charge in [0.2, 0.25) is 5.91 Å². The van der Waals surface area contributed by atoms with Crippen LogP contribution in [0.5, 0.6) is 0 Å². The van der Waals surface area contributed by atoms with Crippen LogP contribution in [0.25, 0.3) is 10.8 Å². The minimum absolute atomic E-state index is 0.0496. The summed E-state index contributed by atoms with van der Waals surface area (Å²) >= 11 is 0. The van der Waals surface area contributed by atoms with E-state index in [0.29, 0.717) is 5.56 Å². The molecule has 20 heavy (non-hydrogen) atoms. The first-order valence-electron chi connectivity index (χ1n) is 6.58. The largest absolute Gasteiger partial charge is 0.368 e. The molecule has 0 aliphatic heterocycles. The van der Waals surface area contributed by atoms with E-state index in [4.69, 9.17) is 5.73 Å². The van der Waals surface area contributed by atoms with Gasteiger partial charge >= 0.3 is 0 Å². The summed E-state index contributed by atoms with van der Waals surface area (Å²) in [6.45, 7) is 3.69. The van der Waals surface area contributed by atoms with Crippen LogP contribution in [0, 0.1) is 5.92 Å². The number of carbonyl (C=O) groups excluding carboxylic acids is 2. The number of primary amides is 1. The standard InChI is InChI=1S/C16H18N2O2/c1-10(2)14(15(17)19)18-16(20)13-9-5-7-11-6-3-4-8-12(11)13/h3-10,14H,1-2H3,(H2,17,19)(H,18,20). The van der Waals surface area contributed by atoms with Crippen LogP contribution in [-0.4, -0.2) is 17.9 Å². The van der Waals surface area contributed by atoms with Crippen LogP contribution in [0.2, 0.25) is 0 Å². The number of amides is 2. The number of carbonyl (C=O) groups is 2. The van der Waals surface area contributed by atoms with E-state index in [1.54, 1.807) is 6.07 Å². The fourth-order valence-electron chi connectivity index (χ4n) is 2.21. The maximum atomic E-state index is 12.4. The number of hydrogen-bond acceptors (Lipinski definition) is 2. The van der Waals surface area contributed by atoms with Gasteiger partial charge in [0.15, 0.2) is 0 Å². The molecule has 0 heterocycles. The third-order valence-corrected chi connectivity index (χ3v) is 3.29. The molecule has 2 aromatic carbocycles. The molecule has 4 nitrogen and oxygen atoms in total. The van der Waals surface area contributed by atoms with Gasteiger partial charge in [-0.2, -0.15) is 0 Å². The molecule has 1 atom stereocenters. The van der Waals surface area contributed by atoms with Crippen molar-refractivity contribution in [3.05, 3.63) is 48.0 Å². The molecule has 0 aromatic heterocycles. The van der Waals surface area contributed by atoms with Gasteiger partial charge in [0, 0.05) is 5.56 Å². The number of hydrogen-bond donors (Lipinski definition) is 2. The van der Waals surface area contributed by atoms with Gasteiger partial charge < -0.3 is 11.1 Å². The van der Waals surface area contributed by atoms with Gasteiger partial charge in [-0.25, -0.2) is 0 Å². The van der Waals surface area contributed by atoms with Crippen molar-refractivity contribution in [1.29, 1.82) is 0 Å². The van der Waals surface area contributed by atoms with Crippen molar-refractivity contribution in [2.45, 2.75) is 19.9 Å². The summed E-state index contributed by atoms with van der Waals surface area (Å²) in [6, 6.07) is 12.5. The van der Waals surface area contributed by atoms with Crippen molar-refractivity contribution < 1.29 is 9.59 Å². The van der Waals surface area contributed by atoms with E-state index in [-0.39, 0.29) is 11.8 Å². The van der Waals surface area contributed by atoms with Gasteiger partial charge in [0.25, 0.3) is 5.91 Å². The average molecular weight is 270 g/mol. The molecule has 104 valence electrons. The highest BCUT2D eigenvalue weighted by Gasteiger charge is 2.22. The molecule has 2 aromatic rings. The molecule has 0 saturated carbocycles. The summed E-state index contributed by atoms with van der Waals surface area (Å²) in [5.41, 5.74) is 5.87. The summed E-state index contributed by atoms with van der Waals surface area (Å²) in [4.78, 5) is 23.7. The average Bonchev–Trinajstić information content (AvgIpc) is 2.43. The fourth-order valence-corrected chi connectivity index (χ4v) is 2.21. The lowest BCUT2D eigenvalue weighted by Gasteiger charge is -2.19. The number of nitrogens with one attached hydrogen (secondary N) is 1. The summed E-state index contributed by atoms with van der Waals surface area (Å²) in [5, 5.41) is 4.56. The molecule has 0 spiro atoms. The molecule has 1 unspecified atom stereocenters. The van der Waals surface area contributed by atoms with E-state index in [1.165, 1.54) is 0 Å². The zero-order chi connectivity index (χ0) is 14.7. The monoisotopic (exact) mass is 270 g/mol. The second kappa shape index (κ2) is 5.74. The summed E-state index contributed by atoms with van der Waals surface area (Å²) < 4.78 is 0. The lowest BCUT2D eigenvalue weighted by atomic mass is 10.0. The van der Waals surface area contributed by atoms with Crippen LogP contribution in [-0.2, 0) is 4.79 Å². The van der Waals surface area contributed by atoms with E-state index in [1.807, 2.05) is 50.2 Å². The van der Waals surface area contributed by atoms with E-state index in [0.717, 1.165) is 10.8 Å². The molecule has 2 amide bonds. The van der Waals surface area contributed by atoms with Crippen molar-refractivity contribution >= 4 is 22.6 Å². The Kier molecular flexibility index (Phi) is 4.03. The van der Waals surface area contributed by atoms with Crippen molar-refractivity contribution in [2.24, 2.45) is 11.7 Å². The Morgan fingerprint density at radius 1 is 1.05 bits per heavy atom. The van der Waals surface area contributed by atoms with Crippen LogP contribution < -0.4 is 11.1 Å². The number of benzene rings is 2. The van der Waals surface area contributed by atoms with Crippen LogP contribution in [0.1, 0.15) is 24.2 Å². The van der Waals surface area contributed by atoms with Crippen LogP contribution in [0.15, 0.2) is 42.5 Å². The molecule has 0 saturated heterocycles. The molecule has 2 rings (SSSR count). The summed E-state index contributed by atoms with van der Waals surface area (Å²) in [5.74, 6) is -0.848. The quantitative estimate of drug-likeness (QED) is 0.892. The van der Waals surface area contributed by atoms with Crippen LogP contribution in [0.3, 0.4) is 0 Å². The lowest BCUT2D eigenvalue weighted by molar-refractivity contribution is -0.120. The molecule has 0 fully saturated rings. The van der Waals surface area contributed by atoms with Gasteiger partial charge in [-0.05, 0) is 22.8 Å². The molecular weight excluding hydrogens is 252 g/mol. The highest BCUT2D eigenvalue weighted by atomic mass is 16.2. The molecule has 0 radical (unpaired) electrons. The first-order valence-corrected chi connectivity index (χ1v) is 6.58. The second-order valence-corrected chi connectivity index (χ2v) is 5.12. The number of fused-ring (bicyclic) bond motifs is 1. The number of rotatable bonds is 4. The fraction of sp³-hybridized carbons (Fsp3) is 0.250. The first kappa shape index (κ1) is 14.1. The topological polar surface area (TPSA) is 72.2 Å². The maximum Gasteiger partial charge on any atom is 0.252 e. The van der Waals surface area contributed by atoms with Crippen LogP contribution >= 0.6 is 0 Å². The first-order chi connectivity index (χ1) is 9.50. The zero-order valence-electron chi connectivity index (χ0n) is 11.6. The Hall–Kier alpha value is -2.36. The van der Waals surface area contributed by atoms with E-state index < -0.39 is 11.9 Å². The molecule has 3 N–H and O–H groups in total. The van der Waals surface area contributed by atoms with Crippen molar-refractivity contribution in [1.82, 2.24) is 5.32 Å². The normalized spacial score (nSPS) is 12.3. The van der Waals surface area contributed by atoms with Gasteiger partial charge in [-0.3, -0.25) is 9.59 Å². The highest BCUT2D eigenvalue weighted by molar-refractivity contribution is 6.08. The maximum absolute atomic E-state index is 12.4. The third-order valence-electron chi connectivity index (χ3n) is 3.29. The van der Waals surface area contributed by atoms with E-state index in [9.17, 15) is 9.59 Å². The highest BCUT2D eigenvalue weighted by Crippen LogP contribution is 2.18. The van der Waals surface area contributed by atoms with Crippen molar-refractivity contribution in [3.63, 3.8) is 0 Å². The SMILES string of the molecule is CC(C)C(NC(=O)c1cccc2ccccc12)C(N)=O. The Morgan fingerprint density at radius 2 is 1.70 bits per heavy atom. The smallest absolute Gasteiger partial charge is 0.252 e. The minimum Gasteiger partial charge on any atom is -0.368 e. The molecular formula is C16H18N2O2.